The maximum atomic E-state index is 13.8. The number of urea groups is 1. The van der Waals surface area contributed by atoms with Crippen LogP contribution in [0.4, 0.5) is 26.2 Å². The monoisotopic (exact) mass is 568 g/mol. The maximum absolute atomic E-state index is 13.8. The van der Waals surface area contributed by atoms with Gasteiger partial charge in [-0.3, -0.25) is 29.8 Å². The van der Waals surface area contributed by atoms with Crippen molar-refractivity contribution in [2.45, 2.75) is 0 Å². The standard InChI is InChI=1S/C26H18ClFN4O8/c1-39-21-11-14(10-18(27)23(21)40-13-22(33)29-20-8-3-2-7-19(20)28)9-17-24(34)30-26(36)31(25(17)35)15-5-4-6-16(12-15)32(37)38/h2-12H,13H2,1H3,(H,29,33)(H,30,34,36)/b17-9-. The summed E-state index contributed by atoms with van der Waals surface area (Å²) in [6, 6.07) is 11.9. The molecule has 1 saturated heterocycles. The zero-order chi connectivity index (χ0) is 29.0. The van der Waals surface area contributed by atoms with Crippen LogP contribution in [0, 0.1) is 15.9 Å². The van der Waals surface area contributed by atoms with Crippen molar-refractivity contribution in [1.29, 1.82) is 0 Å². The van der Waals surface area contributed by atoms with Gasteiger partial charge in [-0.25, -0.2) is 14.1 Å². The Balaban J connectivity index is 1.58. The average molecular weight is 569 g/mol. The Labute approximate surface area is 230 Å². The molecular weight excluding hydrogens is 551 g/mol. The first-order valence-corrected chi connectivity index (χ1v) is 11.7. The van der Waals surface area contributed by atoms with Crippen LogP contribution in [0.2, 0.25) is 5.02 Å². The van der Waals surface area contributed by atoms with E-state index in [-0.39, 0.29) is 39.1 Å². The van der Waals surface area contributed by atoms with Gasteiger partial charge in [-0.1, -0.05) is 29.8 Å². The number of nitrogens with zero attached hydrogens (tertiary/aromatic N) is 2. The normalized spacial score (nSPS) is 14.1. The molecule has 1 aliphatic rings. The summed E-state index contributed by atoms with van der Waals surface area (Å²) < 4.78 is 24.5. The minimum atomic E-state index is -1.08. The molecule has 4 rings (SSSR count). The molecule has 0 atom stereocenters. The summed E-state index contributed by atoms with van der Waals surface area (Å²) in [5.74, 6) is -3.34. The van der Waals surface area contributed by atoms with E-state index in [0.29, 0.717) is 4.90 Å². The molecule has 0 aliphatic carbocycles. The van der Waals surface area contributed by atoms with Gasteiger partial charge >= 0.3 is 6.03 Å². The van der Waals surface area contributed by atoms with Crippen molar-refractivity contribution in [2.75, 3.05) is 23.9 Å². The van der Waals surface area contributed by atoms with E-state index in [1.54, 1.807) is 6.07 Å². The van der Waals surface area contributed by atoms with Crippen molar-refractivity contribution in [3.63, 3.8) is 0 Å². The molecule has 3 aromatic carbocycles. The number of nitrogens with one attached hydrogen (secondary N) is 2. The number of amides is 5. The molecule has 0 spiro atoms. The highest BCUT2D eigenvalue weighted by Crippen LogP contribution is 2.37. The lowest BCUT2D eigenvalue weighted by Gasteiger charge is -2.26. The number of carbonyl (C=O) groups is 4. The van der Waals surface area contributed by atoms with Gasteiger partial charge in [-0.2, -0.15) is 0 Å². The number of non-ortho nitro benzene ring substituents is 1. The summed E-state index contributed by atoms with van der Waals surface area (Å²) in [4.78, 5) is 61.3. The first kappa shape index (κ1) is 27.7. The van der Waals surface area contributed by atoms with Crippen LogP contribution in [0.5, 0.6) is 11.5 Å². The number of rotatable bonds is 8. The number of nitro groups is 1. The van der Waals surface area contributed by atoms with Crippen LogP contribution < -0.4 is 25.0 Å². The van der Waals surface area contributed by atoms with Crippen LogP contribution >= 0.6 is 11.6 Å². The van der Waals surface area contributed by atoms with Crippen LogP contribution in [0.15, 0.2) is 66.2 Å². The first-order chi connectivity index (χ1) is 19.1. The van der Waals surface area contributed by atoms with E-state index >= 15 is 0 Å². The van der Waals surface area contributed by atoms with E-state index in [9.17, 15) is 33.7 Å². The fraction of sp³-hybridized carbons (Fsp3) is 0.0769. The molecule has 0 unspecified atom stereocenters. The molecule has 2 N–H and O–H groups in total. The Hall–Kier alpha value is -5.30. The number of hydrogen-bond donors (Lipinski definition) is 2. The number of methoxy groups -OCH3 is 1. The molecule has 204 valence electrons. The molecule has 40 heavy (non-hydrogen) atoms. The Morgan fingerprint density at radius 3 is 2.60 bits per heavy atom. The summed E-state index contributed by atoms with van der Waals surface area (Å²) in [7, 11) is 1.29. The summed E-state index contributed by atoms with van der Waals surface area (Å²) in [5.41, 5.74) is -0.804. The van der Waals surface area contributed by atoms with Crippen LogP contribution in [0.1, 0.15) is 5.56 Å². The molecule has 1 fully saturated rings. The van der Waals surface area contributed by atoms with E-state index in [2.05, 4.69) is 5.32 Å². The fourth-order valence-corrected chi connectivity index (χ4v) is 3.93. The molecule has 3 aromatic rings. The quantitative estimate of drug-likeness (QED) is 0.178. The molecule has 0 radical (unpaired) electrons. The van der Waals surface area contributed by atoms with Gasteiger partial charge in [0.15, 0.2) is 18.1 Å². The van der Waals surface area contributed by atoms with Crippen molar-refractivity contribution in [1.82, 2.24) is 5.32 Å². The van der Waals surface area contributed by atoms with E-state index in [0.717, 1.165) is 12.1 Å². The number of ether oxygens (including phenoxy) is 2. The molecule has 0 bridgehead atoms. The van der Waals surface area contributed by atoms with Gasteiger partial charge in [-0.15, -0.1) is 0 Å². The second kappa shape index (κ2) is 11.6. The Morgan fingerprint density at radius 2 is 1.90 bits per heavy atom. The molecule has 0 aromatic heterocycles. The van der Waals surface area contributed by atoms with Crippen LogP contribution in [0.25, 0.3) is 6.08 Å². The number of benzene rings is 3. The lowest BCUT2D eigenvalue weighted by Crippen LogP contribution is -2.54. The lowest BCUT2D eigenvalue weighted by atomic mass is 10.1. The molecule has 1 aliphatic heterocycles. The minimum Gasteiger partial charge on any atom is -0.493 e. The van der Waals surface area contributed by atoms with E-state index in [4.69, 9.17) is 21.1 Å². The Kier molecular flexibility index (Phi) is 8.05. The molecule has 5 amide bonds. The number of imide groups is 2. The second-order valence-electron chi connectivity index (χ2n) is 8.09. The van der Waals surface area contributed by atoms with E-state index in [1.807, 2.05) is 5.32 Å². The third-order valence-corrected chi connectivity index (χ3v) is 5.74. The average Bonchev–Trinajstić information content (AvgIpc) is 2.91. The van der Waals surface area contributed by atoms with Crippen molar-refractivity contribution >= 4 is 58.5 Å². The molecule has 14 heteroatoms. The summed E-state index contributed by atoms with van der Waals surface area (Å²) in [5, 5.41) is 15.4. The van der Waals surface area contributed by atoms with E-state index < -0.39 is 46.7 Å². The van der Waals surface area contributed by atoms with Gasteiger partial charge in [-0.05, 0) is 42.0 Å². The van der Waals surface area contributed by atoms with Crippen LogP contribution in [0.3, 0.4) is 0 Å². The number of hydrogen-bond acceptors (Lipinski definition) is 8. The van der Waals surface area contributed by atoms with Crippen molar-refractivity contribution in [3.05, 3.63) is 92.8 Å². The smallest absolute Gasteiger partial charge is 0.335 e. The Bertz CT molecular complexity index is 1590. The van der Waals surface area contributed by atoms with Gasteiger partial charge in [0.2, 0.25) is 0 Å². The number of halogens is 2. The number of carbonyl (C=O) groups excluding carboxylic acids is 4. The molecular formula is C26H18ClFN4O8. The van der Waals surface area contributed by atoms with Gasteiger partial charge in [0, 0.05) is 12.1 Å². The molecule has 0 saturated carbocycles. The summed E-state index contributed by atoms with van der Waals surface area (Å²) in [6.45, 7) is -0.550. The topological polar surface area (TPSA) is 157 Å². The van der Waals surface area contributed by atoms with Gasteiger partial charge in [0.25, 0.3) is 23.4 Å². The number of para-hydroxylation sites is 1. The minimum absolute atomic E-state index is 0.0355. The predicted molar refractivity (Wildman–Crippen MR) is 141 cm³/mol. The maximum Gasteiger partial charge on any atom is 0.335 e. The summed E-state index contributed by atoms with van der Waals surface area (Å²) in [6.07, 6.45) is 1.14. The van der Waals surface area contributed by atoms with Gasteiger partial charge in [0.05, 0.1) is 28.4 Å². The van der Waals surface area contributed by atoms with Crippen LogP contribution in [-0.4, -0.2) is 42.4 Å². The predicted octanol–water partition coefficient (Wildman–Crippen LogP) is 4.08. The Morgan fingerprint density at radius 1 is 1.15 bits per heavy atom. The number of anilines is 2. The third kappa shape index (κ3) is 5.89. The second-order valence-corrected chi connectivity index (χ2v) is 8.49. The number of barbiturate groups is 1. The van der Waals surface area contributed by atoms with E-state index in [1.165, 1.54) is 55.6 Å². The number of nitro benzene ring substituents is 1. The van der Waals surface area contributed by atoms with Crippen LogP contribution in [-0.2, 0) is 14.4 Å². The zero-order valence-electron chi connectivity index (χ0n) is 20.5. The largest absolute Gasteiger partial charge is 0.493 e. The lowest BCUT2D eigenvalue weighted by molar-refractivity contribution is -0.384. The highest BCUT2D eigenvalue weighted by atomic mass is 35.5. The van der Waals surface area contributed by atoms with Gasteiger partial charge < -0.3 is 14.8 Å². The summed E-state index contributed by atoms with van der Waals surface area (Å²) >= 11 is 6.33. The first-order valence-electron chi connectivity index (χ1n) is 11.3. The SMILES string of the molecule is COc1cc(/C=C2/C(=O)NC(=O)N(c3cccc([N+](=O)[O-])c3)C2=O)cc(Cl)c1OCC(=O)Nc1ccccc1F. The third-order valence-electron chi connectivity index (χ3n) is 5.46. The van der Waals surface area contributed by atoms with Crippen molar-refractivity contribution in [3.8, 4) is 11.5 Å². The van der Waals surface area contributed by atoms with Gasteiger partial charge in [0.1, 0.15) is 11.4 Å². The zero-order valence-corrected chi connectivity index (χ0v) is 21.2. The van der Waals surface area contributed by atoms with Crippen molar-refractivity contribution < 1.29 is 38.0 Å². The molecule has 1 heterocycles. The molecule has 12 nitrogen and oxygen atoms in total. The highest BCUT2D eigenvalue weighted by molar-refractivity contribution is 6.39. The van der Waals surface area contributed by atoms with Crippen molar-refractivity contribution in [2.24, 2.45) is 0 Å². The highest BCUT2D eigenvalue weighted by Gasteiger charge is 2.37. The fourth-order valence-electron chi connectivity index (χ4n) is 3.65.